The quantitative estimate of drug-likeness (QED) is 0.832. The molecule has 1 aromatic heterocycles. The van der Waals surface area contributed by atoms with Crippen LogP contribution in [0.15, 0.2) is 33.2 Å². The molecule has 1 unspecified atom stereocenters. The van der Waals surface area contributed by atoms with E-state index < -0.39 is 0 Å². The smallest absolute Gasteiger partial charge is 0.0738 e. The summed E-state index contributed by atoms with van der Waals surface area (Å²) in [7, 11) is 1.99. The van der Waals surface area contributed by atoms with Crippen molar-refractivity contribution in [1.29, 1.82) is 0 Å². The van der Waals surface area contributed by atoms with Gasteiger partial charge in [0.1, 0.15) is 0 Å². The van der Waals surface area contributed by atoms with Crippen LogP contribution in [0.4, 0.5) is 0 Å². The van der Waals surface area contributed by atoms with Crippen LogP contribution >= 0.6 is 31.9 Å². The molecule has 2 aromatic rings. The van der Waals surface area contributed by atoms with Crippen molar-refractivity contribution < 1.29 is 0 Å². The summed E-state index contributed by atoms with van der Waals surface area (Å²) in [6, 6.07) is 8.45. The molecule has 0 aliphatic carbocycles. The molecule has 0 radical (unpaired) electrons. The van der Waals surface area contributed by atoms with E-state index in [1.807, 2.05) is 18.7 Å². The minimum absolute atomic E-state index is 0.419. The average molecular weight is 401 g/mol. The summed E-state index contributed by atoms with van der Waals surface area (Å²) >= 11 is 7.09. The Bertz CT molecular complexity index is 576. The molecular weight excluding hydrogens is 382 g/mol. The highest BCUT2D eigenvalue weighted by Crippen LogP contribution is 2.24. The third-order valence-corrected chi connectivity index (χ3v) is 5.07. The Hall–Kier alpha value is -0.650. The number of nitrogens with zero attached hydrogens (tertiary/aromatic N) is 2. The van der Waals surface area contributed by atoms with Gasteiger partial charge in [-0.25, -0.2) is 0 Å². The minimum Gasteiger partial charge on any atom is -0.330 e. The molecule has 0 aliphatic heterocycles. The van der Waals surface area contributed by atoms with Crippen LogP contribution in [0.2, 0.25) is 0 Å². The Morgan fingerprint density at radius 3 is 2.35 bits per heavy atom. The van der Waals surface area contributed by atoms with Gasteiger partial charge in [0, 0.05) is 11.5 Å². The molecule has 1 aromatic carbocycles. The van der Waals surface area contributed by atoms with Gasteiger partial charge in [0.2, 0.25) is 0 Å². The average Bonchev–Trinajstić information content (AvgIpc) is 2.66. The highest BCUT2D eigenvalue weighted by molar-refractivity contribution is 9.10. The van der Waals surface area contributed by atoms with Gasteiger partial charge in [-0.3, -0.25) is 4.68 Å². The second-order valence-electron chi connectivity index (χ2n) is 5.11. The fourth-order valence-electron chi connectivity index (χ4n) is 2.37. The first-order chi connectivity index (χ1) is 9.51. The van der Waals surface area contributed by atoms with Crippen molar-refractivity contribution in [2.24, 2.45) is 18.7 Å². The molecule has 3 nitrogen and oxygen atoms in total. The third kappa shape index (κ3) is 3.71. The van der Waals surface area contributed by atoms with Crippen molar-refractivity contribution in [3.8, 4) is 0 Å². The predicted octanol–water partition coefficient (Wildman–Crippen LogP) is 3.61. The van der Waals surface area contributed by atoms with Crippen LogP contribution in [0.25, 0.3) is 0 Å². The van der Waals surface area contributed by atoms with E-state index in [2.05, 4.69) is 61.2 Å². The fourth-order valence-corrected chi connectivity index (χ4v) is 3.13. The lowest BCUT2D eigenvalue weighted by Gasteiger charge is -2.15. The molecule has 0 bridgehead atoms. The van der Waals surface area contributed by atoms with Crippen molar-refractivity contribution >= 4 is 31.9 Å². The number of rotatable bonds is 5. The van der Waals surface area contributed by atoms with Crippen molar-refractivity contribution in [1.82, 2.24) is 9.78 Å². The lowest BCUT2D eigenvalue weighted by atomic mass is 9.95. The third-order valence-electron chi connectivity index (χ3n) is 3.51. The molecule has 20 heavy (non-hydrogen) atoms. The van der Waals surface area contributed by atoms with E-state index >= 15 is 0 Å². The molecule has 0 spiro atoms. The molecule has 1 heterocycles. The largest absolute Gasteiger partial charge is 0.330 e. The van der Waals surface area contributed by atoms with Crippen molar-refractivity contribution in [3.05, 3.63) is 50.2 Å². The van der Waals surface area contributed by atoms with E-state index in [-0.39, 0.29) is 0 Å². The Kier molecular flexibility index (Phi) is 5.41. The normalized spacial score (nSPS) is 12.7. The zero-order valence-electron chi connectivity index (χ0n) is 11.7. The molecule has 5 heteroatoms. The predicted molar refractivity (Wildman–Crippen MR) is 89.7 cm³/mol. The number of benzene rings is 1. The van der Waals surface area contributed by atoms with Crippen LogP contribution in [-0.2, 0) is 19.9 Å². The molecule has 0 amide bonds. The van der Waals surface area contributed by atoms with Gasteiger partial charge < -0.3 is 5.73 Å². The van der Waals surface area contributed by atoms with Gasteiger partial charge in [-0.05, 0) is 65.9 Å². The number of nitrogens with two attached hydrogens (primary N) is 1. The first-order valence-electron chi connectivity index (χ1n) is 6.63. The van der Waals surface area contributed by atoms with Crippen LogP contribution in [0.3, 0.4) is 0 Å². The van der Waals surface area contributed by atoms with Gasteiger partial charge in [-0.1, -0.05) is 28.1 Å². The standard InChI is InChI=1S/C15H19Br2N3/c1-10-15(17)14(20(2)19-10)8-12(9-18)7-11-3-5-13(16)6-4-11/h3-6,12H,7-9,18H2,1-2H3. The number of hydrogen-bond donors (Lipinski definition) is 1. The first kappa shape index (κ1) is 15.7. The zero-order chi connectivity index (χ0) is 14.7. The Balaban J connectivity index is 2.11. The second kappa shape index (κ2) is 6.87. The Morgan fingerprint density at radius 2 is 1.85 bits per heavy atom. The Morgan fingerprint density at radius 1 is 1.20 bits per heavy atom. The summed E-state index contributed by atoms with van der Waals surface area (Å²) in [5.41, 5.74) is 9.52. The maximum atomic E-state index is 5.95. The monoisotopic (exact) mass is 399 g/mol. The molecule has 2 N–H and O–H groups in total. The van der Waals surface area contributed by atoms with Crippen LogP contribution in [0, 0.1) is 12.8 Å². The minimum atomic E-state index is 0.419. The first-order valence-corrected chi connectivity index (χ1v) is 8.22. The maximum absolute atomic E-state index is 5.95. The summed E-state index contributed by atoms with van der Waals surface area (Å²) in [4.78, 5) is 0. The molecule has 0 saturated heterocycles. The number of halogens is 2. The van der Waals surface area contributed by atoms with Crippen LogP contribution in [0.5, 0.6) is 0 Å². The van der Waals surface area contributed by atoms with E-state index in [1.165, 1.54) is 11.3 Å². The number of aromatic nitrogens is 2. The van der Waals surface area contributed by atoms with Gasteiger partial charge in [0.15, 0.2) is 0 Å². The SMILES string of the molecule is Cc1nn(C)c(CC(CN)Cc2ccc(Br)cc2)c1Br. The van der Waals surface area contributed by atoms with Crippen LogP contribution in [0.1, 0.15) is 17.0 Å². The Labute approximate surface area is 136 Å². The zero-order valence-corrected chi connectivity index (χ0v) is 14.9. The van der Waals surface area contributed by atoms with E-state index in [9.17, 15) is 0 Å². The van der Waals surface area contributed by atoms with Crippen molar-refractivity contribution in [2.75, 3.05) is 6.54 Å². The second-order valence-corrected chi connectivity index (χ2v) is 6.81. The molecule has 0 saturated carbocycles. The van der Waals surface area contributed by atoms with Gasteiger partial charge in [0.25, 0.3) is 0 Å². The summed E-state index contributed by atoms with van der Waals surface area (Å²) in [6.07, 6.45) is 1.92. The summed E-state index contributed by atoms with van der Waals surface area (Å²) in [6.45, 7) is 2.69. The van der Waals surface area contributed by atoms with Crippen LogP contribution in [-0.4, -0.2) is 16.3 Å². The molecule has 108 valence electrons. The highest BCUT2D eigenvalue weighted by Gasteiger charge is 2.16. The van der Waals surface area contributed by atoms with E-state index in [4.69, 9.17) is 5.73 Å². The summed E-state index contributed by atoms with van der Waals surface area (Å²) in [5.74, 6) is 0.419. The van der Waals surface area contributed by atoms with E-state index in [0.717, 1.165) is 27.5 Å². The molecular formula is C15H19Br2N3. The molecule has 0 aliphatic rings. The van der Waals surface area contributed by atoms with E-state index in [0.29, 0.717) is 12.5 Å². The fraction of sp³-hybridized carbons (Fsp3) is 0.400. The summed E-state index contributed by atoms with van der Waals surface area (Å²) in [5, 5.41) is 4.44. The van der Waals surface area contributed by atoms with Gasteiger partial charge in [0.05, 0.1) is 15.9 Å². The topological polar surface area (TPSA) is 43.8 Å². The van der Waals surface area contributed by atoms with Crippen molar-refractivity contribution in [2.45, 2.75) is 19.8 Å². The van der Waals surface area contributed by atoms with Gasteiger partial charge in [-0.2, -0.15) is 5.10 Å². The lowest BCUT2D eigenvalue weighted by Crippen LogP contribution is -2.20. The molecule has 0 fully saturated rings. The van der Waals surface area contributed by atoms with E-state index in [1.54, 1.807) is 0 Å². The van der Waals surface area contributed by atoms with Gasteiger partial charge >= 0.3 is 0 Å². The van der Waals surface area contributed by atoms with Gasteiger partial charge in [-0.15, -0.1) is 0 Å². The number of aryl methyl sites for hydroxylation is 2. The maximum Gasteiger partial charge on any atom is 0.0738 e. The molecule has 2 rings (SSSR count). The highest BCUT2D eigenvalue weighted by atomic mass is 79.9. The molecule has 1 atom stereocenters. The summed E-state index contributed by atoms with van der Waals surface area (Å²) < 4.78 is 4.16. The van der Waals surface area contributed by atoms with Crippen LogP contribution < -0.4 is 5.73 Å². The lowest BCUT2D eigenvalue weighted by molar-refractivity contribution is 0.509. The number of hydrogen-bond acceptors (Lipinski definition) is 2. The van der Waals surface area contributed by atoms with Crippen molar-refractivity contribution in [3.63, 3.8) is 0 Å².